The Bertz CT molecular complexity index is 1350. The van der Waals surface area contributed by atoms with Gasteiger partial charge in [-0.1, -0.05) is 17.7 Å². The van der Waals surface area contributed by atoms with Gasteiger partial charge in [0.1, 0.15) is 4.90 Å². The van der Waals surface area contributed by atoms with Gasteiger partial charge in [-0.05, 0) is 59.0 Å². The Balaban J connectivity index is 2.04. The lowest BCUT2D eigenvalue weighted by Crippen LogP contribution is -2.31. The first kappa shape index (κ1) is 27.2. The molecule has 0 bridgehead atoms. The summed E-state index contributed by atoms with van der Waals surface area (Å²) in [4.78, 5) is 20.3. The highest BCUT2D eigenvalue weighted by Gasteiger charge is 2.32. The number of hydroxylamine groups is 1. The molecule has 2 aromatic carbocycles. The highest BCUT2D eigenvalue weighted by atomic mass is 127. The van der Waals surface area contributed by atoms with Gasteiger partial charge in [0, 0.05) is 35.5 Å². The Morgan fingerprint density at radius 1 is 1.20 bits per heavy atom. The van der Waals surface area contributed by atoms with E-state index in [1.165, 1.54) is 13.1 Å². The fourth-order valence-electron chi connectivity index (χ4n) is 3.07. The Labute approximate surface area is 219 Å². The predicted octanol–water partition coefficient (Wildman–Crippen LogP) is 4.52. The van der Waals surface area contributed by atoms with Crippen LogP contribution in [0.4, 0.5) is 20.2 Å². The summed E-state index contributed by atoms with van der Waals surface area (Å²) < 4.78 is 58.3. The molecule has 186 valence electrons. The van der Waals surface area contributed by atoms with Crippen LogP contribution in [-0.4, -0.2) is 44.3 Å². The first-order chi connectivity index (χ1) is 16.6. The number of hydrogen-bond donors (Lipinski definition) is 2. The highest BCUT2D eigenvalue weighted by Crippen LogP contribution is 2.34. The van der Waals surface area contributed by atoms with E-state index in [9.17, 15) is 13.2 Å². The summed E-state index contributed by atoms with van der Waals surface area (Å²) in [5, 5.41) is 2.77. The zero-order valence-electron chi connectivity index (χ0n) is 18.5. The number of aromatic nitrogens is 1. The van der Waals surface area contributed by atoms with Gasteiger partial charge < -0.3 is 5.32 Å². The number of hydrogen-bond acceptors (Lipinski definition) is 6. The summed E-state index contributed by atoms with van der Waals surface area (Å²) in [6.07, 6.45) is 1.80. The molecule has 0 aliphatic rings. The van der Waals surface area contributed by atoms with Crippen LogP contribution in [0, 0.1) is 15.2 Å². The van der Waals surface area contributed by atoms with Crippen LogP contribution in [-0.2, 0) is 21.3 Å². The number of carbonyl (C=O) groups excluding carboxylic acids is 1. The van der Waals surface area contributed by atoms with Crippen molar-refractivity contribution in [3.05, 3.63) is 80.1 Å². The van der Waals surface area contributed by atoms with Gasteiger partial charge in [-0.3, -0.25) is 14.6 Å². The number of sulfonamides is 1. The second-order valence-electron chi connectivity index (χ2n) is 7.21. The largest absolute Gasteiger partial charge is 0.351 e. The summed E-state index contributed by atoms with van der Waals surface area (Å²) in [5.41, 5.74) is 1.69. The lowest BCUT2D eigenvalue weighted by molar-refractivity contribution is 0.0538. The average Bonchev–Trinajstić information content (AvgIpc) is 2.82. The van der Waals surface area contributed by atoms with Gasteiger partial charge in [0.15, 0.2) is 11.6 Å². The number of nitrogens with one attached hydrogen (secondary N) is 2. The third-order valence-corrected chi connectivity index (χ3v) is 7.74. The number of halogens is 4. The summed E-state index contributed by atoms with van der Waals surface area (Å²) in [7, 11) is -2.15. The van der Waals surface area contributed by atoms with Crippen molar-refractivity contribution in [2.75, 3.05) is 26.0 Å². The van der Waals surface area contributed by atoms with Crippen LogP contribution in [0.15, 0.2) is 53.6 Å². The topological polar surface area (TPSA) is 101 Å². The van der Waals surface area contributed by atoms with E-state index in [-0.39, 0.29) is 23.7 Å². The van der Waals surface area contributed by atoms with Gasteiger partial charge in [0.25, 0.3) is 5.91 Å². The molecule has 0 radical (unpaired) electrons. The smallest absolute Gasteiger partial charge is 0.277 e. The van der Waals surface area contributed by atoms with Crippen molar-refractivity contribution in [3.63, 3.8) is 0 Å². The number of carbonyl (C=O) groups is 1. The number of likely N-dealkylation sites (N-methyl/N-ethyl adjacent to an activating group) is 1. The summed E-state index contributed by atoms with van der Waals surface area (Å²) in [6.45, 7) is -0.0573. The van der Waals surface area contributed by atoms with E-state index in [1.54, 1.807) is 36.5 Å². The molecule has 1 amide bonds. The molecule has 3 rings (SSSR count). The molecule has 0 saturated heterocycles. The number of nitrogens with zero attached hydrogens (tertiary/aromatic N) is 2. The maximum Gasteiger partial charge on any atom is 0.277 e. The van der Waals surface area contributed by atoms with Gasteiger partial charge in [0.05, 0.1) is 29.1 Å². The van der Waals surface area contributed by atoms with Crippen molar-refractivity contribution < 1.29 is 26.8 Å². The molecule has 0 aliphatic heterocycles. The Morgan fingerprint density at radius 3 is 2.57 bits per heavy atom. The molecule has 0 fully saturated rings. The van der Waals surface area contributed by atoms with Crippen LogP contribution < -0.4 is 10.8 Å². The summed E-state index contributed by atoms with van der Waals surface area (Å²) in [5.74, 6) is -4.21. The molecule has 0 spiro atoms. The monoisotopic (exact) mass is 636 g/mol. The maximum absolute atomic E-state index is 15.3. The minimum atomic E-state index is -4.52. The molecule has 3 aromatic rings. The standard InChI is InChI=1S/C22H20ClF2IN4O4S/c1-30(10-8-14-5-3-4-9-27-14)35(32,33)18-12-15(22(31)29-34-2)21(20(25)19(18)24)28-17-7-6-13(26)11-16(17)23/h3-7,9,11-12,28H,8,10H2,1-2H3,(H,29,31). The van der Waals surface area contributed by atoms with Crippen molar-refractivity contribution in [1.82, 2.24) is 14.8 Å². The van der Waals surface area contributed by atoms with Crippen LogP contribution in [0.3, 0.4) is 0 Å². The molecular formula is C22H20ClF2IN4O4S. The lowest BCUT2D eigenvalue weighted by Gasteiger charge is -2.20. The van der Waals surface area contributed by atoms with E-state index < -0.39 is 43.7 Å². The summed E-state index contributed by atoms with van der Waals surface area (Å²) >= 11 is 8.20. The van der Waals surface area contributed by atoms with Crippen LogP contribution in [0.1, 0.15) is 16.1 Å². The van der Waals surface area contributed by atoms with Crippen LogP contribution >= 0.6 is 34.2 Å². The second-order valence-corrected chi connectivity index (χ2v) is 10.9. The van der Waals surface area contributed by atoms with E-state index in [2.05, 4.69) is 15.1 Å². The molecule has 0 atom stereocenters. The van der Waals surface area contributed by atoms with E-state index >= 15 is 8.78 Å². The quantitative estimate of drug-likeness (QED) is 0.265. The molecule has 2 N–H and O–H groups in total. The Hall–Kier alpha value is -2.39. The lowest BCUT2D eigenvalue weighted by atomic mass is 10.1. The van der Waals surface area contributed by atoms with E-state index in [1.807, 2.05) is 28.1 Å². The van der Waals surface area contributed by atoms with Gasteiger partial charge in [-0.2, -0.15) is 0 Å². The van der Waals surface area contributed by atoms with E-state index in [4.69, 9.17) is 11.6 Å². The molecule has 0 aliphatic carbocycles. The molecule has 1 heterocycles. The van der Waals surface area contributed by atoms with E-state index in [0.717, 1.165) is 21.1 Å². The predicted molar refractivity (Wildman–Crippen MR) is 136 cm³/mol. The molecule has 35 heavy (non-hydrogen) atoms. The fraction of sp³-hybridized carbons (Fsp3) is 0.182. The highest BCUT2D eigenvalue weighted by molar-refractivity contribution is 14.1. The van der Waals surface area contributed by atoms with Crippen molar-refractivity contribution in [3.8, 4) is 0 Å². The van der Waals surface area contributed by atoms with Crippen LogP contribution in [0.25, 0.3) is 0 Å². The van der Waals surface area contributed by atoms with Crippen molar-refractivity contribution in [2.24, 2.45) is 0 Å². The number of benzene rings is 2. The SMILES string of the molecule is CONC(=O)c1cc(S(=O)(=O)N(C)CCc2ccccn2)c(F)c(F)c1Nc1ccc(I)cc1Cl. The Kier molecular flexibility index (Phi) is 8.99. The molecule has 0 unspecified atom stereocenters. The zero-order chi connectivity index (χ0) is 25.8. The number of amides is 1. The van der Waals surface area contributed by atoms with Gasteiger partial charge in [0.2, 0.25) is 10.0 Å². The molecule has 13 heteroatoms. The molecule has 0 saturated carbocycles. The minimum Gasteiger partial charge on any atom is -0.351 e. The first-order valence-corrected chi connectivity index (χ1v) is 12.9. The third-order valence-electron chi connectivity index (χ3n) is 4.90. The average molecular weight is 637 g/mol. The first-order valence-electron chi connectivity index (χ1n) is 10.00. The van der Waals surface area contributed by atoms with E-state index in [0.29, 0.717) is 5.69 Å². The maximum atomic E-state index is 15.3. The van der Waals surface area contributed by atoms with Crippen molar-refractivity contribution >= 4 is 61.5 Å². The van der Waals surface area contributed by atoms with Crippen LogP contribution in [0.5, 0.6) is 0 Å². The van der Waals surface area contributed by atoms with Crippen LogP contribution in [0.2, 0.25) is 5.02 Å². The normalized spacial score (nSPS) is 11.5. The third kappa shape index (κ3) is 6.25. The summed E-state index contributed by atoms with van der Waals surface area (Å²) in [6, 6.07) is 10.7. The van der Waals surface area contributed by atoms with Gasteiger partial charge in [-0.15, -0.1) is 0 Å². The number of anilines is 2. The van der Waals surface area contributed by atoms with Crippen molar-refractivity contribution in [1.29, 1.82) is 0 Å². The number of pyridine rings is 1. The number of rotatable bonds is 9. The molecule has 1 aromatic heterocycles. The van der Waals surface area contributed by atoms with Crippen molar-refractivity contribution in [2.45, 2.75) is 11.3 Å². The molecule has 8 nitrogen and oxygen atoms in total. The minimum absolute atomic E-state index is 0.0573. The zero-order valence-corrected chi connectivity index (χ0v) is 22.2. The Morgan fingerprint density at radius 2 is 1.94 bits per heavy atom. The molecular weight excluding hydrogens is 617 g/mol. The fourth-order valence-corrected chi connectivity index (χ4v) is 5.22. The second kappa shape index (κ2) is 11.6. The van der Waals surface area contributed by atoms with Gasteiger partial charge in [-0.25, -0.2) is 27.0 Å². The van der Waals surface area contributed by atoms with Gasteiger partial charge >= 0.3 is 0 Å².